The molecule has 2 aliphatic rings. The Bertz CT molecular complexity index is 222. The highest BCUT2D eigenvalue weighted by Crippen LogP contribution is 2.42. The molecule has 0 atom stereocenters. The normalized spacial score (nSPS) is 26.1. The number of piperazine rings is 1. The van der Waals surface area contributed by atoms with Gasteiger partial charge in [0.2, 0.25) is 0 Å². The fourth-order valence-corrected chi connectivity index (χ4v) is 3.13. The summed E-state index contributed by atoms with van der Waals surface area (Å²) in [5.41, 5.74) is 6.44. The Morgan fingerprint density at radius 3 is 2.18 bits per heavy atom. The SMILES string of the molecule is CC(C)N1CCN(CCC2(CN)CCC2)CC1. The largest absolute Gasteiger partial charge is 0.330 e. The molecule has 0 spiro atoms. The van der Waals surface area contributed by atoms with Crippen molar-refractivity contribution < 1.29 is 0 Å². The van der Waals surface area contributed by atoms with E-state index in [1.807, 2.05) is 0 Å². The van der Waals surface area contributed by atoms with Crippen LogP contribution in [0.15, 0.2) is 0 Å². The van der Waals surface area contributed by atoms with Crippen LogP contribution in [0.3, 0.4) is 0 Å². The average Bonchev–Trinajstić information content (AvgIpc) is 2.29. The molecule has 1 aliphatic heterocycles. The molecule has 1 heterocycles. The van der Waals surface area contributed by atoms with Gasteiger partial charge in [-0.1, -0.05) is 6.42 Å². The molecule has 0 radical (unpaired) electrons. The number of hydrogen-bond donors (Lipinski definition) is 1. The Morgan fingerprint density at radius 2 is 1.76 bits per heavy atom. The third-order valence-corrected chi connectivity index (χ3v) is 4.94. The highest BCUT2D eigenvalue weighted by atomic mass is 15.3. The van der Waals surface area contributed by atoms with Crippen LogP contribution >= 0.6 is 0 Å². The second-order valence-corrected chi connectivity index (χ2v) is 6.28. The predicted molar refractivity (Wildman–Crippen MR) is 73.1 cm³/mol. The van der Waals surface area contributed by atoms with Gasteiger partial charge >= 0.3 is 0 Å². The van der Waals surface area contributed by atoms with Crippen molar-refractivity contribution in [1.82, 2.24) is 9.80 Å². The molecule has 100 valence electrons. The van der Waals surface area contributed by atoms with Crippen LogP contribution in [-0.2, 0) is 0 Å². The van der Waals surface area contributed by atoms with E-state index in [1.54, 1.807) is 0 Å². The standard InChI is InChI=1S/C14H29N3/c1-13(2)17-10-8-16(9-11-17)7-6-14(12-15)4-3-5-14/h13H,3-12,15H2,1-2H3. The summed E-state index contributed by atoms with van der Waals surface area (Å²) < 4.78 is 0. The molecule has 2 fully saturated rings. The van der Waals surface area contributed by atoms with Gasteiger partial charge in [0.15, 0.2) is 0 Å². The van der Waals surface area contributed by atoms with Gasteiger partial charge in [-0.15, -0.1) is 0 Å². The van der Waals surface area contributed by atoms with Crippen molar-refractivity contribution in [2.75, 3.05) is 39.3 Å². The second kappa shape index (κ2) is 5.68. The number of hydrogen-bond acceptors (Lipinski definition) is 3. The van der Waals surface area contributed by atoms with Crippen LogP contribution in [0, 0.1) is 5.41 Å². The van der Waals surface area contributed by atoms with E-state index in [0.717, 1.165) is 6.54 Å². The third-order valence-electron chi connectivity index (χ3n) is 4.94. The molecule has 0 aromatic heterocycles. The molecule has 2 N–H and O–H groups in total. The van der Waals surface area contributed by atoms with Gasteiger partial charge in [0.25, 0.3) is 0 Å². The minimum absolute atomic E-state index is 0.523. The average molecular weight is 239 g/mol. The summed E-state index contributed by atoms with van der Waals surface area (Å²) in [5.74, 6) is 0. The monoisotopic (exact) mass is 239 g/mol. The van der Waals surface area contributed by atoms with Gasteiger partial charge < -0.3 is 10.6 Å². The molecule has 0 amide bonds. The minimum atomic E-state index is 0.523. The van der Waals surface area contributed by atoms with Gasteiger partial charge in [-0.25, -0.2) is 0 Å². The first kappa shape index (κ1) is 13.3. The van der Waals surface area contributed by atoms with Crippen LogP contribution in [0.4, 0.5) is 0 Å². The number of nitrogens with two attached hydrogens (primary N) is 1. The van der Waals surface area contributed by atoms with E-state index < -0.39 is 0 Å². The topological polar surface area (TPSA) is 32.5 Å². The third kappa shape index (κ3) is 3.21. The highest BCUT2D eigenvalue weighted by Gasteiger charge is 2.35. The Labute approximate surface area is 106 Å². The quantitative estimate of drug-likeness (QED) is 0.790. The zero-order chi connectivity index (χ0) is 12.3. The van der Waals surface area contributed by atoms with Crippen molar-refractivity contribution >= 4 is 0 Å². The molecule has 0 bridgehead atoms. The summed E-state index contributed by atoms with van der Waals surface area (Å²) in [6.07, 6.45) is 5.47. The molecular weight excluding hydrogens is 210 g/mol. The predicted octanol–water partition coefficient (Wildman–Crippen LogP) is 1.53. The second-order valence-electron chi connectivity index (χ2n) is 6.28. The van der Waals surface area contributed by atoms with E-state index in [4.69, 9.17) is 5.73 Å². The van der Waals surface area contributed by atoms with E-state index >= 15 is 0 Å². The van der Waals surface area contributed by atoms with Crippen molar-refractivity contribution in [3.63, 3.8) is 0 Å². The maximum atomic E-state index is 5.92. The lowest BCUT2D eigenvalue weighted by atomic mass is 9.66. The zero-order valence-electron chi connectivity index (χ0n) is 11.6. The maximum absolute atomic E-state index is 5.92. The van der Waals surface area contributed by atoms with Crippen molar-refractivity contribution in [2.45, 2.75) is 45.6 Å². The number of rotatable bonds is 5. The first-order valence-electron chi connectivity index (χ1n) is 7.32. The van der Waals surface area contributed by atoms with E-state index in [2.05, 4.69) is 23.6 Å². The van der Waals surface area contributed by atoms with Gasteiger partial charge in [-0.2, -0.15) is 0 Å². The van der Waals surface area contributed by atoms with Gasteiger partial charge in [0.1, 0.15) is 0 Å². The highest BCUT2D eigenvalue weighted by molar-refractivity contribution is 4.89. The first-order valence-corrected chi connectivity index (χ1v) is 7.32. The molecule has 17 heavy (non-hydrogen) atoms. The van der Waals surface area contributed by atoms with E-state index in [0.29, 0.717) is 11.5 Å². The van der Waals surface area contributed by atoms with Crippen LogP contribution in [-0.4, -0.2) is 55.1 Å². The van der Waals surface area contributed by atoms with Crippen molar-refractivity contribution in [2.24, 2.45) is 11.1 Å². The van der Waals surface area contributed by atoms with Gasteiger partial charge in [0.05, 0.1) is 0 Å². The molecule has 1 saturated heterocycles. The van der Waals surface area contributed by atoms with Crippen molar-refractivity contribution in [3.05, 3.63) is 0 Å². The molecule has 0 aromatic carbocycles. The van der Waals surface area contributed by atoms with E-state index in [9.17, 15) is 0 Å². The van der Waals surface area contributed by atoms with Crippen LogP contribution in [0.1, 0.15) is 39.5 Å². The minimum Gasteiger partial charge on any atom is -0.330 e. The molecule has 3 nitrogen and oxygen atoms in total. The molecular formula is C14H29N3. The number of nitrogens with zero attached hydrogens (tertiary/aromatic N) is 2. The lowest BCUT2D eigenvalue weighted by molar-refractivity contribution is 0.0711. The molecule has 3 heteroatoms. The summed E-state index contributed by atoms with van der Waals surface area (Å²) in [7, 11) is 0. The lowest BCUT2D eigenvalue weighted by Gasteiger charge is -2.44. The Morgan fingerprint density at radius 1 is 1.12 bits per heavy atom. The smallest absolute Gasteiger partial charge is 0.0113 e. The molecule has 2 rings (SSSR count). The van der Waals surface area contributed by atoms with Gasteiger partial charge in [0, 0.05) is 32.2 Å². The van der Waals surface area contributed by atoms with Crippen molar-refractivity contribution in [3.8, 4) is 0 Å². The van der Waals surface area contributed by atoms with Gasteiger partial charge in [-0.3, -0.25) is 4.90 Å². The summed E-state index contributed by atoms with van der Waals surface area (Å²) >= 11 is 0. The molecule has 1 aliphatic carbocycles. The zero-order valence-corrected chi connectivity index (χ0v) is 11.6. The van der Waals surface area contributed by atoms with Crippen molar-refractivity contribution in [1.29, 1.82) is 0 Å². The summed E-state index contributed by atoms with van der Waals surface area (Å²) in [4.78, 5) is 5.22. The maximum Gasteiger partial charge on any atom is 0.0113 e. The molecule has 0 aromatic rings. The summed E-state index contributed by atoms with van der Waals surface area (Å²) in [6, 6.07) is 0.708. The van der Waals surface area contributed by atoms with Crippen LogP contribution in [0.2, 0.25) is 0 Å². The lowest BCUT2D eigenvalue weighted by Crippen LogP contribution is -2.50. The molecule has 1 saturated carbocycles. The summed E-state index contributed by atoms with van der Waals surface area (Å²) in [6.45, 7) is 11.8. The first-order chi connectivity index (χ1) is 8.15. The fraction of sp³-hybridized carbons (Fsp3) is 1.00. The van der Waals surface area contributed by atoms with Crippen LogP contribution in [0.25, 0.3) is 0 Å². The Kier molecular flexibility index (Phi) is 4.45. The van der Waals surface area contributed by atoms with E-state index in [1.165, 1.54) is 58.4 Å². The van der Waals surface area contributed by atoms with Gasteiger partial charge in [-0.05, 0) is 51.6 Å². The Balaban J connectivity index is 1.68. The van der Waals surface area contributed by atoms with Crippen LogP contribution in [0.5, 0.6) is 0 Å². The molecule has 0 unspecified atom stereocenters. The van der Waals surface area contributed by atoms with E-state index in [-0.39, 0.29) is 0 Å². The fourth-order valence-electron chi connectivity index (χ4n) is 3.13. The van der Waals surface area contributed by atoms with Crippen LogP contribution < -0.4 is 5.73 Å². The Hall–Kier alpha value is -0.120. The summed E-state index contributed by atoms with van der Waals surface area (Å²) in [5, 5.41) is 0.